The van der Waals surface area contributed by atoms with E-state index >= 15 is 0 Å². The van der Waals surface area contributed by atoms with Gasteiger partial charge in [0.15, 0.2) is 0 Å². The van der Waals surface area contributed by atoms with Crippen LogP contribution in [0, 0.1) is 5.92 Å². The van der Waals surface area contributed by atoms with Gasteiger partial charge in [0, 0.05) is 0 Å². The topological polar surface area (TPSA) is 46.5 Å². The molecule has 0 aliphatic rings. The first-order chi connectivity index (χ1) is 5.76. The minimum Gasteiger partial charge on any atom is -0.466 e. The average Bonchev–Trinajstić information content (AvgIpc) is 2.06. The van der Waals surface area contributed by atoms with Crippen molar-refractivity contribution in [2.75, 3.05) is 13.2 Å². The van der Waals surface area contributed by atoms with Gasteiger partial charge in [-0.05, 0) is 13.3 Å². The largest absolute Gasteiger partial charge is 0.466 e. The molecule has 0 saturated carbocycles. The van der Waals surface area contributed by atoms with E-state index in [1.54, 1.807) is 6.92 Å². The molecular weight excluding hydrogens is 156 g/mol. The Kier molecular flexibility index (Phi) is 6.76. The van der Waals surface area contributed by atoms with Crippen LogP contribution in [0.2, 0.25) is 0 Å². The van der Waals surface area contributed by atoms with Crippen molar-refractivity contribution in [1.29, 1.82) is 0 Å². The van der Waals surface area contributed by atoms with Crippen LogP contribution >= 0.6 is 0 Å². The second kappa shape index (κ2) is 7.10. The van der Waals surface area contributed by atoms with Crippen molar-refractivity contribution in [3.8, 4) is 0 Å². The first-order valence-electron chi connectivity index (χ1n) is 4.53. The summed E-state index contributed by atoms with van der Waals surface area (Å²) in [4.78, 5) is 11.1. The zero-order valence-electron chi connectivity index (χ0n) is 7.88. The van der Waals surface area contributed by atoms with Gasteiger partial charge in [0.25, 0.3) is 0 Å². The van der Waals surface area contributed by atoms with Crippen LogP contribution in [0.5, 0.6) is 0 Å². The number of unbranched alkanes of at least 4 members (excludes halogenated alkanes) is 1. The van der Waals surface area contributed by atoms with Crippen molar-refractivity contribution in [2.45, 2.75) is 33.1 Å². The van der Waals surface area contributed by atoms with Crippen LogP contribution in [0.4, 0.5) is 0 Å². The van der Waals surface area contributed by atoms with Gasteiger partial charge in [0.1, 0.15) is 0 Å². The highest BCUT2D eigenvalue weighted by molar-refractivity contribution is 5.72. The maximum Gasteiger partial charge on any atom is 0.311 e. The molecule has 72 valence electrons. The van der Waals surface area contributed by atoms with Gasteiger partial charge in [-0.1, -0.05) is 19.8 Å². The van der Waals surface area contributed by atoms with Crippen molar-refractivity contribution in [3.05, 3.63) is 0 Å². The molecule has 3 nitrogen and oxygen atoms in total. The molecule has 0 heterocycles. The summed E-state index contributed by atoms with van der Waals surface area (Å²) in [5.74, 6) is -0.585. The summed E-state index contributed by atoms with van der Waals surface area (Å²) in [6.07, 6.45) is 2.73. The lowest BCUT2D eigenvalue weighted by atomic mass is 10.0. The molecule has 0 spiro atoms. The number of hydrogen-bond acceptors (Lipinski definition) is 3. The highest BCUT2D eigenvalue weighted by Gasteiger charge is 2.17. The van der Waals surface area contributed by atoms with Gasteiger partial charge >= 0.3 is 5.97 Å². The van der Waals surface area contributed by atoms with Gasteiger partial charge in [-0.15, -0.1) is 0 Å². The van der Waals surface area contributed by atoms with Crippen LogP contribution in [0.25, 0.3) is 0 Å². The van der Waals surface area contributed by atoms with E-state index in [2.05, 4.69) is 6.92 Å². The zero-order valence-corrected chi connectivity index (χ0v) is 7.88. The van der Waals surface area contributed by atoms with Crippen LogP contribution in [-0.4, -0.2) is 24.3 Å². The van der Waals surface area contributed by atoms with E-state index in [4.69, 9.17) is 9.84 Å². The summed E-state index contributed by atoms with van der Waals surface area (Å²) in [6, 6.07) is 0. The number of carbonyl (C=O) groups is 1. The third-order valence-corrected chi connectivity index (χ3v) is 1.75. The van der Waals surface area contributed by atoms with Crippen molar-refractivity contribution in [1.82, 2.24) is 0 Å². The number of carbonyl (C=O) groups excluding carboxylic acids is 1. The van der Waals surface area contributed by atoms with Crippen LogP contribution in [-0.2, 0) is 9.53 Å². The quantitative estimate of drug-likeness (QED) is 0.618. The van der Waals surface area contributed by atoms with Gasteiger partial charge in [0.2, 0.25) is 0 Å². The molecule has 1 N–H and O–H groups in total. The third-order valence-electron chi connectivity index (χ3n) is 1.75. The van der Waals surface area contributed by atoms with Crippen molar-refractivity contribution < 1.29 is 14.6 Å². The lowest BCUT2D eigenvalue weighted by Crippen LogP contribution is -2.21. The van der Waals surface area contributed by atoms with Gasteiger partial charge in [-0.3, -0.25) is 4.79 Å². The van der Waals surface area contributed by atoms with E-state index in [1.165, 1.54) is 0 Å². The van der Waals surface area contributed by atoms with E-state index < -0.39 is 0 Å². The van der Waals surface area contributed by atoms with Crippen molar-refractivity contribution in [3.63, 3.8) is 0 Å². The van der Waals surface area contributed by atoms with E-state index in [0.29, 0.717) is 6.61 Å². The summed E-state index contributed by atoms with van der Waals surface area (Å²) >= 11 is 0. The van der Waals surface area contributed by atoms with Crippen molar-refractivity contribution in [2.24, 2.45) is 5.92 Å². The lowest BCUT2D eigenvalue weighted by molar-refractivity contribution is -0.149. The number of esters is 1. The Morgan fingerprint density at radius 3 is 2.58 bits per heavy atom. The van der Waals surface area contributed by atoms with E-state index in [9.17, 15) is 4.79 Å². The molecule has 0 fully saturated rings. The van der Waals surface area contributed by atoms with Crippen molar-refractivity contribution >= 4 is 5.97 Å². The van der Waals surface area contributed by atoms with Crippen LogP contribution in [0.1, 0.15) is 33.1 Å². The van der Waals surface area contributed by atoms with E-state index in [-0.39, 0.29) is 18.5 Å². The minimum absolute atomic E-state index is 0.0984. The standard InChI is InChI=1S/C9H18O3/c1-3-5-6-8(7-10)9(11)12-4-2/h8,10H,3-7H2,1-2H3/t8-/m1/s1. The Bertz CT molecular complexity index is 123. The molecule has 3 heteroatoms. The molecule has 12 heavy (non-hydrogen) atoms. The highest BCUT2D eigenvalue weighted by atomic mass is 16.5. The van der Waals surface area contributed by atoms with Crippen LogP contribution in [0.3, 0.4) is 0 Å². The molecule has 0 bridgehead atoms. The summed E-state index contributed by atoms with van der Waals surface area (Å²) in [5.41, 5.74) is 0. The molecule has 0 radical (unpaired) electrons. The number of aliphatic hydroxyl groups excluding tert-OH is 1. The van der Waals surface area contributed by atoms with Gasteiger partial charge in [-0.25, -0.2) is 0 Å². The molecule has 0 aromatic carbocycles. The molecule has 0 unspecified atom stereocenters. The maximum absolute atomic E-state index is 11.1. The predicted molar refractivity (Wildman–Crippen MR) is 46.7 cm³/mol. The van der Waals surface area contributed by atoms with Crippen LogP contribution < -0.4 is 0 Å². The molecule has 0 aromatic rings. The minimum atomic E-state index is -0.315. The third kappa shape index (κ3) is 4.34. The molecule has 0 aliphatic heterocycles. The summed E-state index contributed by atoms with van der Waals surface area (Å²) in [5, 5.41) is 8.85. The number of aliphatic hydroxyl groups is 1. The van der Waals surface area contributed by atoms with E-state index in [0.717, 1.165) is 19.3 Å². The lowest BCUT2D eigenvalue weighted by Gasteiger charge is -2.11. The molecule has 0 rings (SSSR count). The van der Waals surface area contributed by atoms with Crippen LogP contribution in [0.15, 0.2) is 0 Å². The number of rotatable bonds is 6. The fourth-order valence-electron chi connectivity index (χ4n) is 0.994. The fourth-order valence-corrected chi connectivity index (χ4v) is 0.994. The molecule has 0 aromatic heterocycles. The molecular formula is C9H18O3. The highest BCUT2D eigenvalue weighted by Crippen LogP contribution is 2.09. The Hall–Kier alpha value is -0.570. The first kappa shape index (κ1) is 11.4. The summed E-state index contributed by atoms with van der Waals surface area (Å²) < 4.78 is 4.79. The maximum atomic E-state index is 11.1. The molecule has 0 aliphatic carbocycles. The first-order valence-corrected chi connectivity index (χ1v) is 4.53. The summed E-state index contributed by atoms with van der Waals surface area (Å²) in [7, 11) is 0. The predicted octanol–water partition coefficient (Wildman–Crippen LogP) is 1.35. The van der Waals surface area contributed by atoms with Gasteiger partial charge < -0.3 is 9.84 Å². The second-order valence-corrected chi connectivity index (χ2v) is 2.77. The Balaban J connectivity index is 3.71. The average molecular weight is 174 g/mol. The smallest absolute Gasteiger partial charge is 0.311 e. The Morgan fingerprint density at radius 2 is 2.17 bits per heavy atom. The summed E-state index contributed by atoms with van der Waals surface area (Å²) in [6.45, 7) is 4.12. The SMILES string of the molecule is CCCC[C@H](CO)C(=O)OCC. The van der Waals surface area contributed by atoms with Gasteiger partial charge in [-0.2, -0.15) is 0 Å². The monoisotopic (exact) mass is 174 g/mol. The fraction of sp³-hybridized carbons (Fsp3) is 0.889. The van der Waals surface area contributed by atoms with Gasteiger partial charge in [0.05, 0.1) is 19.1 Å². The molecule has 1 atom stereocenters. The zero-order chi connectivity index (χ0) is 9.40. The molecule has 0 amide bonds. The Morgan fingerprint density at radius 1 is 1.50 bits per heavy atom. The number of hydrogen-bond donors (Lipinski definition) is 1. The van der Waals surface area contributed by atoms with E-state index in [1.807, 2.05) is 0 Å². The number of ether oxygens (including phenoxy) is 1. The Labute approximate surface area is 73.7 Å². The second-order valence-electron chi connectivity index (χ2n) is 2.77. The molecule has 0 saturated heterocycles. The normalized spacial score (nSPS) is 12.6.